The SMILES string of the molecule is Brc1cccc([C@@]23CC=CCC(=C(c4ccccc4)c4ccccc4)[C@H]2C3)c1. The molecule has 5 rings (SSSR count). The van der Waals surface area contributed by atoms with Crippen molar-refractivity contribution >= 4 is 21.5 Å². The standard InChI is InChI=1S/C27H23Br/c28-23-15-9-14-22(18-23)27-17-8-7-16-24(25(27)19-27)26(20-10-3-1-4-11-20)21-12-5-2-6-13-21/h1-15,18,25H,16-17,19H2/t25-,27+/m1/s1. The molecular formula is C27H23Br. The second-order valence-corrected chi connectivity index (χ2v) is 8.85. The van der Waals surface area contributed by atoms with Gasteiger partial charge in [-0.1, -0.05) is 106 Å². The molecule has 0 aromatic heterocycles. The topological polar surface area (TPSA) is 0 Å². The minimum absolute atomic E-state index is 0.251. The van der Waals surface area contributed by atoms with Crippen molar-refractivity contribution in [3.05, 3.63) is 124 Å². The van der Waals surface area contributed by atoms with E-state index in [9.17, 15) is 0 Å². The molecule has 0 bridgehead atoms. The van der Waals surface area contributed by atoms with Crippen molar-refractivity contribution in [1.82, 2.24) is 0 Å². The van der Waals surface area contributed by atoms with Crippen LogP contribution in [0.5, 0.6) is 0 Å². The van der Waals surface area contributed by atoms with Crippen LogP contribution in [0, 0.1) is 5.92 Å². The highest BCUT2D eigenvalue weighted by Crippen LogP contribution is 2.63. The number of hydrogen-bond acceptors (Lipinski definition) is 0. The largest absolute Gasteiger partial charge is 0.0873 e. The summed E-state index contributed by atoms with van der Waals surface area (Å²) in [7, 11) is 0. The highest BCUT2D eigenvalue weighted by Gasteiger charge is 2.56. The van der Waals surface area contributed by atoms with Gasteiger partial charge in [0.25, 0.3) is 0 Å². The van der Waals surface area contributed by atoms with E-state index in [1.165, 1.54) is 33.2 Å². The lowest BCUT2D eigenvalue weighted by atomic mass is 9.84. The molecule has 0 aliphatic heterocycles. The predicted octanol–water partition coefficient (Wildman–Crippen LogP) is 7.56. The van der Waals surface area contributed by atoms with E-state index in [2.05, 4.69) is 113 Å². The molecule has 1 fully saturated rings. The van der Waals surface area contributed by atoms with Crippen LogP contribution < -0.4 is 0 Å². The first-order valence-electron chi connectivity index (χ1n) is 10.0. The van der Waals surface area contributed by atoms with Gasteiger partial charge in [0, 0.05) is 9.89 Å². The van der Waals surface area contributed by atoms with Gasteiger partial charge in [0.15, 0.2) is 0 Å². The lowest BCUT2D eigenvalue weighted by Crippen LogP contribution is -2.10. The highest BCUT2D eigenvalue weighted by atomic mass is 79.9. The van der Waals surface area contributed by atoms with Crippen molar-refractivity contribution in [3.8, 4) is 0 Å². The molecule has 3 aromatic carbocycles. The second-order valence-electron chi connectivity index (χ2n) is 7.94. The first-order valence-corrected chi connectivity index (χ1v) is 10.8. The van der Waals surface area contributed by atoms with Crippen LogP contribution in [0.3, 0.4) is 0 Å². The summed E-state index contributed by atoms with van der Waals surface area (Å²) in [6.45, 7) is 0. The lowest BCUT2D eigenvalue weighted by molar-refractivity contribution is 0.657. The molecule has 2 aliphatic rings. The Morgan fingerprint density at radius 2 is 1.46 bits per heavy atom. The van der Waals surface area contributed by atoms with E-state index in [0.29, 0.717) is 5.92 Å². The quantitative estimate of drug-likeness (QED) is 0.379. The van der Waals surface area contributed by atoms with E-state index in [0.717, 1.165) is 12.8 Å². The van der Waals surface area contributed by atoms with Gasteiger partial charge in [-0.25, -0.2) is 0 Å². The Balaban J connectivity index is 1.68. The fraction of sp³-hybridized carbons (Fsp3) is 0.185. The van der Waals surface area contributed by atoms with Crippen molar-refractivity contribution in [2.45, 2.75) is 24.7 Å². The van der Waals surface area contributed by atoms with Crippen LogP contribution in [0.2, 0.25) is 0 Å². The zero-order valence-electron chi connectivity index (χ0n) is 15.8. The third-order valence-electron chi connectivity index (χ3n) is 6.33. The predicted molar refractivity (Wildman–Crippen MR) is 121 cm³/mol. The van der Waals surface area contributed by atoms with Crippen LogP contribution in [0.1, 0.15) is 36.0 Å². The maximum atomic E-state index is 3.68. The summed E-state index contributed by atoms with van der Waals surface area (Å²) in [5.41, 5.74) is 7.39. The van der Waals surface area contributed by atoms with Gasteiger partial charge in [-0.05, 0) is 59.6 Å². The molecule has 28 heavy (non-hydrogen) atoms. The molecule has 0 saturated heterocycles. The molecule has 0 nitrogen and oxygen atoms in total. The summed E-state index contributed by atoms with van der Waals surface area (Å²) < 4.78 is 1.18. The summed E-state index contributed by atoms with van der Waals surface area (Å²) in [5, 5.41) is 0. The molecule has 138 valence electrons. The maximum absolute atomic E-state index is 3.68. The first kappa shape index (κ1) is 17.7. The molecule has 1 heteroatoms. The maximum Gasteiger partial charge on any atom is 0.0178 e. The molecule has 0 heterocycles. The third-order valence-corrected chi connectivity index (χ3v) is 6.82. The van der Waals surface area contributed by atoms with E-state index in [1.807, 2.05) is 0 Å². The Hall–Kier alpha value is -2.38. The molecule has 0 amide bonds. The molecule has 2 atom stereocenters. The molecule has 0 N–H and O–H groups in total. The summed E-state index contributed by atoms with van der Waals surface area (Å²) in [4.78, 5) is 0. The Morgan fingerprint density at radius 1 is 0.786 bits per heavy atom. The van der Waals surface area contributed by atoms with Crippen LogP contribution in [0.25, 0.3) is 5.57 Å². The van der Waals surface area contributed by atoms with E-state index >= 15 is 0 Å². The van der Waals surface area contributed by atoms with Crippen LogP contribution in [-0.4, -0.2) is 0 Å². The number of halogens is 1. The van der Waals surface area contributed by atoms with E-state index in [4.69, 9.17) is 0 Å². The van der Waals surface area contributed by atoms with Crippen molar-refractivity contribution < 1.29 is 0 Å². The zero-order chi connectivity index (χ0) is 19.0. The van der Waals surface area contributed by atoms with Crippen LogP contribution in [0.15, 0.2) is 107 Å². The number of rotatable bonds is 3. The summed E-state index contributed by atoms with van der Waals surface area (Å²) in [6, 6.07) is 30.8. The van der Waals surface area contributed by atoms with E-state index in [-0.39, 0.29) is 5.41 Å². The van der Waals surface area contributed by atoms with E-state index in [1.54, 1.807) is 5.57 Å². The number of hydrogen-bond donors (Lipinski definition) is 0. The average molecular weight is 427 g/mol. The Labute approximate surface area is 175 Å². The Morgan fingerprint density at radius 3 is 2.11 bits per heavy atom. The number of benzene rings is 3. The fourth-order valence-electron chi connectivity index (χ4n) is 4.89. The minimum Gasteiger partial charge on any atom is -0.0873 e. The second kappa shape index (κ2) is 7.22. The van der Waals surface area contributed by atoms with Crippen molar-refractivity contribution in [1.29, 1.82) is 0 Å². The van der Waals surface area contributed by atoms with Crippen LogP contribution >= 0.6 is 15.9 Å². The normalized spacial score (nSPS) is 23.0. The first-order chi connectivity index (χ1) is 13.8. The van der Waals surface area contributed by atoms with Crippen molar-refractivity contribution in [2.24, 2.45) is 5.92 Å². The summed E-state index contributed by atoms with van der Waals surface area (Å²) in [5.74, 6) is 0.604. The number of allylic oxidation sites excluding steroid dienone is 3. The highest BCUT2D eigenvalue weighted by molar-refractivity contribution is 9.10. The fourth-order valence-corrected chi connectivity index (χ4v) is 5.29. The van der Waals surface area contributed by atoms with Gasteiger partial charge >= 0.3 is 0 Å². The molecule has 3 aromatic rings. The van der Waals surface area contributed by atoms with Gasteiger partial charge in [-0.3, -0.25) is 0 Å². The molecule has 0 spiro atoms. The smallest absolute Gasteiger partial charge is 0.0178 e. The third kappa shape index (κ3) is 3.08. The van der Waals surface area contributed by atoms with Gasteiger partial charge in [-0.2, -0.15) is 0 Å². The van der Waals surface area contributed by atoms with Gasteiger partial charge < -0.3 is 0 Å². The lowest BCUT2D eigenvalue weighted by Gasteiger charge is -2.20. The average Bonchev–Trinajstić information content (AvgIpc) is 3.48. The molecule has 1 saturated carbocycles. The molecule has 0 radical (unpaired) electrons. The van der Waals surface area contributed by atoms with Gasteiger partial charge in [0.2, 0.25) is 0 Å². The van der Waals surface area contributed by atoms with Crippen molar-refractivity contribution in [3.63, 3.8) is 0 Å². The van der Waals surface area contributed by atoms with Crippen LogP contribution in [0.4, 0.5) is 0 Å². The summed E-state index contributed by atoms with van der Waals surface area (Å²) in [6.07, 6.45) is 8.20. The van der Waals surface area contributed by atoms with Crippen molar-refractivity contribution in [2.75, 3.05) is 0 Å². The Bertz CT molecular complexity index is 1000. The molecule has 0 unspecified atom stereocenters. The summed E-state index contributed by atoms with van der Waals surface area (Å²) >= 11 is 3.68. The molecule has 2 aliphatic carbocycles. The monoisotopic (exact) mass is 426 g/mol. The minimum atomic E-state index is 0.251. The Kier molecular flexibility index (Phi) is 4.56. The van der Waals surface area contributed by atoms with Gasteiger partial charge in [0.1, 0.15) is 0 Å². The molecular weight excluding hydrogens is 404 g/mol. The zero-order valence-corrected chi connectivity index (χ0v) is 17.4. The van der Waals surface area contributed by atoms with Gasteiger partial charge in [0.05, 0.1) is 0 Å². The number of fused-ring (bicyclic) bond motifs is 1. The van der Waals surface area contributed by atoms with Crippen LogP contribution in [-0.2, 0) is 5.41 Å². The van der Waals surface area contributed by atoms with E-state index < -0.39 is 0 Å². The van der Waals surface area contributed by atoms with Gasteiger partial charge in [-0.15, -0.1) is 0 Å².